The van der Waals surface area contributed by atoms with Gasteiger partial charge in [-0.15, -0.1) is 0 Å². The second kappa shape index (κ2) is 8.29. The van der Waals surface area contributed by atoms with Crippen LogP contribution in [0.1, 0.15) is 51.1 Å². The molecular weight excluding hydrogens is 260 g/mol. The monoisotopic (exact) mass is 282 g/mol. The van der Waals surface area contributed by atoms with E-state index in [2.05, 4.69) is 16.9 Å². The maximum Gasteiger partial charge on any atom is 0.352 e. The van der Waals surface area contributed by atoms with Crippen LogP contribution in [-0.4, -0.2) is 21.5 Å². The molecule has 1 rings (SSSR count). The zero-order chi connectivity index (χ0) is 15.0. The molecule has 0 atom stereocenters. The Morgan fingerprint density at radius 3 is 2.50 bits per heavy atom. The summed E-state index contributed by atoms with van der Waals surface area (Å²) in [5.74, 6) is -0.0420. The van der Waals surface area contributed by atoms with E-state index < -0.39 is 4.92 Å². The third kappa shape index (κ3) is 4.99. The van der Waals surface area contributed by atoms with Gasteiger partial charge in [-0.1, -0.05) is 39.0 Å². The standard InChI is InChI=1S/C13H22N4O3/c1-3-4-5-6-7-8-9-20-12-11(17(18)19)10(2)15-13(14)16-12/h3-9H2,1-2H3,(H2,14,15,16). The topological polar surface area (TPSA) is 104 Å². The van der Waals surface area contributed by atoms with Crippen LogP contribution in [-0.2, 0) is 0 Å². The van der Waals surface area contributed by atoms with Crippen molar-refractivity contribution in [3.05, 3.63) is 15.8 Å². The Balaban J connectivity index is 2.49. The molecule has 0 saturated heterocycles. The molecule has 1 heterocycles. The number of unbranched alkanes of at least 4 members (excludes halogenated alkanes) is 5. The van der Waals surface area contributed by atoms with E-state index in [1.54, 1.807) is 0 Å². The van der Waals surface area contributed by atoms with Crippen molar-refractivity contribution in [1.82, 2.24) is 9.97 Å². The van der Waals surface area contributed by atoms with Crippen molar-refractivity contribution in [2.24, 2.45) is 0 Å². The first-order chi connectivity index (χ1) is 9.56. The fourth-order valence-corrected chi connectivity index (χ4v) is 1.92. The predicted octanol–water partition coefficient (Wildman–Crippen LogP) is 3.01. The quantitative estimate of drug-likeness (QED) is 0.424. The van der Waals surface area contributed by atoms with Crippen molar-refractivity contribution in [1.29, 1.82) is 0 Å². The molecule has 0 spiro atoms. The van der Waals surface area contributed by atoms with Crippen LogP contribution in [0, 0.1) is 17.0 Å². The first kappa shape index (κ1) is 16.1. The van der Waals surface area contributed by atoms with E-state index in [1.165, 1.54) is 26.2 Å². The molecular formula is C13H22N4O3. The summed E-state index contributed by atoms with van der Waals surface area (Å²) in [4.78, 5) is 18.0. The minimum absolute atomic E-state index is 0.00829. The maximum atomic E-state index is 11.0. The molecule has 2 N–H and O–H groups in total. The van der Waals surface area contributed by atoms with Crippen LogP contribution in [0.2, 0.25) is 0 Å². The molecule has 0 radical (unpaired) electrons. The van der Waals surface area contributed by atoms with Crippen LogP contribution in [0.5, 0.6) is 5.88 Å². The first-order valence-electron chi connectivity index (χ1n) is 6.97. The van der Waals surface area contributed by atoms with Crippen molar-refractivity contribution >= 4 is 11.6 Å². The number of nitrogen functional groups attached to an aromatic ring is 1. The average molecular weight is 282 g/mol. The number of anilines is 1. The lowest BCUT2D eigenvalue weighted by Crippen LogP contribution is -2.08. The average Bonchev–Trinajstić information content (AvgIpc) is 2.36. The Labute approximate surface area is 118 Å². The minimum Gasteiger partial charge on any atom is -0.473 e. The molecule has 7 nitrogen and oxygen atoms in total. The SMILES string of the molecule is CCCCCCCCOc1nc(N)nc(C)c1[N+](=O)[O-]. The van der Waals surface area contributed by atoms with Gasteiger partial charge >= 0.3 is 5.69 Å². The number of hydrogen-bond donors (Lipinski definition) is 1. The highest BCUT2D eigenvalue weighted by molar-refractivity contribution is 5.47. The molecule has 0 aliphatic carbocycles. The smallest absolute Gasteiger partial charge is 0.352 e. The Morgan fingerprint density at radius 2 is 1.85 bits per heavy atom. The van der Waals surface area contributed by atoms with Crippen molar-refractivity contribution in [2.75, 3.05) is 12.3 Å². The summed E-state index contributed by atoms with van der Waals surface area (Å²) >= 11 is 0. The van der Waals surface area contributed by atoms with Gasteiger partial charge in [0, 0.05) is 0 Å². The number of aromatic nitrogens is 2. The third-order valence-electron chi connectivity index (χ3n) is 2.96. The molecule has 1 aromatic heterocycles. The number of rotatable bonds is 9. The molecule has 0 aromatic carbocycles. The lowest BCUT2D eigenvalue weighted by Gasteiger charge is -2.07. The summed E-state index contributed by atoms with van der Waals surface area (Å²) in [7, 11) is 0. The molecule has 112 valence electrons. The van der Waals surface area contributed by atoms with Crippen LogP contribution < -0.4 is 10.5 Å². The van der Waals surface area contributed by atoms with E-state index in [0.717, 1.165) is 19.3 Å². The Bertz CT molecular complexity index is 451. The number of ether oxygens (including phenoxy) is 1. The summed E-state index contributed by atoms with van der Waals surface area (Å²) in [5.41, 5.74) is 5.51. The highest BCUT2D eigenvalue weighted by Crippen LogP contribution is 2.28. The number of nitro groups is 1. The van der Waals surface area contributed by atoms with Crippen LogP contribution in [0.4, 0.5) is 11.6 Å². The fraction of sp³-hybridized carbons (Fsp3) is 0.692. The summed E-state index contributed by atoms with van der Waals surface area (Å²) in [5, 5.41) is 11.0. The van der Waals surface area contributed by atoms with Gasteiger partial charge < -0.3 is 10.5 Å². The molecule has 0 bridgehead atoms. The van der Waals surface area contributed by atoms with E-state index in [-0.39, 0.29) is 23.2 Å². The molecule has 1 aromatic rings. The fourth-order valence-electron chi connectivity index (χ4n) is 1.92. The van der Waals surface area contributed by atoms with Crippen LogP contribution >= 0.6 is 0 Å². The van der Waals surface area contributed by atoms with Gasteiger partial charge in [0.05, 0.1) is 11.5 Å². The summed E-state index contributed by atoms with van der Waals surface area (Å²) in [6.45, 7) is 4.10. The molecule has 0 unspecified atom stereocenters. The number of aryl methyl sites for hydroxylation is 1. The number of hydrogen-bond acceptors (Lipinski definition) is 6. The van der Waals surface area contributed by atoms with Crippen LogP contribution in [0.15, 0.2) is 0 Å². The Hall–Kier alpha value is -1.92. The van der Waals surface area contributed by atoms with E-state index in [9.17, 15) is 10.1 Å². The molecule has 0 aliphatic rings. The van der Waals surface area contributed by atoms with E-state index in [4.69, 9.17) is 10.5 Å². The van der Waals surface area contributed by atoms with Gasteiger partial charge in [-0.05, 0) is 13.3 Å². The van der Waals surface area contributed by atoms with Gasteiger partial charge in [-0.25, -0.2) is 4.98 Å². The lowest BCUT2D eigenvalue weighted by atomic mass is 10.1. The first-order valence-corrected chi connectivity index (χ1v) is 6.97. The minimum atomic E-state index is -0.536. The molecule has 0 saturated carbocycles. The zero-order valence-electron chi connectivity index (χ0n) is 12.1. The molecule has 0 fully saturated rings. The summed E-state index contributed by atoms with van der Waals surface area (Å²) in [6, 6.07) is 0. The summed E-state index contributed by atoms with van der Waals surface area (Å²) in [6.07, 6.45) is 6.73. The highest BCUT2D eigenvalue weighted by atomic mass is 16.6. The van der Waals surface area contributed by atoms with Gasteiger partial charge in [0.15, 0.2) is 0 Å². The summed E-state index contributed by atoms with van der Waals surface area (Å²) < 4.78 is 5.39. The van der Waals surface area contributed by atoms with Crippen molar-refractivity contribution in [2.45, 2.75) is 52.4 Å². The third-order valence-corrected chi connectivity index (χ3v) is 2.96. The maximum absolute atomic E-state index is 11.0. The zero-order valence-corrected chi connectivity index (χ0v) is 12.1. The van der Waals surface area contributed by atoms with Crippen molar-refractivity contribution in [3.63, 3.8) is 0 Å². The molecule has 0 amide bonds. The van der Waals surface area contributed by atoms with Crippen LogP contribution in [0.3, 0.4) is 0 Å². The Morgan fingerprint density at radius 1 is 1.20 bits per heavy atom. The van der Waals surface area contributed by atoms with E-state index in [0.29, 0.717) is 6.61 Å². The molecule has 7 heteroatoms. The highest BCUT2D eigenvalue weighted by Gasteiger charge is 2.22. The lowest BCUT2D eigenvalue weighted by molar-refractivity contribution is -0.387. The predicted molar refractivity (Wildman–Crippen MR) is 76.7 cm³/mol. The van der Waals surface area contributed by atoms with Crippen molar-refractivity contribution < 1.29 is 9.66 Å². The van der Waals surface area contributed by atoms with Gasteiger partial charge in [0.2, 0.25) is 5.95 Å². The van der Waals surface area contributed by atoms with Crippen molar-refractivity contribution in [3.8, 4) is 5.88 Å². The van der Waals surface area contributed by atoms with Crippen LogP contribution in [0.25, 0.3) is 0 Å². The van der Waals surface area contributed by atoms with Gasteiger partial charge in [0.25, 0.3) is 5.88 Å². The van der Waals surface area contributed by atoms with E-state index >= 15 is 0 Å². The second-order valence-corrected chi connectivity index (χ2v) is 4.69. The largest absolute Gasteiger partial charge is 0.473 e. The Kier molecular flexibility index (Phi) is 6.69. The van der Waals surface area contributed by atoms with E-state index in [1.807, 2.05) is 0 Å². The second-order valence-electron chi connectivity index (χ2n) is 4.69. The molecule has 20 heavy (non-hydrogen) atoms. The van der Waals surface area contributed by atoms with Gasteiger partial charge in [-0.3, -0.25) is 10.1 Å². The normalized spacial score (nSPS) is 10.5. The number of nitrogens with zero attached hydrogens (tertiary/aromatic N) is 3. The molecule has 0 aliphatic heterocycles. The van der Waals surface area contributed by atoms with Gasteiger partial charge in [0.1, 0.15) is 5.69 Å². The van der Waals surface area contributed by atoms with Gasteiger partial charge in [-0.2, -0.15) is 4.98 Å². The number of nitrogens with two attached hydrogens (primary N) is 1.